The minimum Gasteiger partial charge on any atom is -0.490 e. The van der Waals surface area contributed by atoms with Gasteiger partial charge < -0.3 is 20.1 Å². The van der Waals surface area contributed by atoms with Crippen LogP contribution in [-0.4, -0.2) is 61.6 Å². The summed E-state index contributed by atoms with van der Waals surface area (Å²) in [5.74, 6) is 1.33. The number of nitrogens with zero attached hydrogens (tertiary/aromatic N) is 5. The molecule has 0 bridgehead atoms. The standard InChI is InChI=1S/C27H32N6O3S/c1-5-32-12-10-19(11-13-32)36-18-8-6-17(7-9-18)29-25-28-14-22-23(30-25)21(16-37-22)20-15-33(26(34)35)31-24(20)27(2,3)4/h6-9,14-16,19H,5,10-13H2,1-4H3,(H,34,35)(H,28,29,30). The number of piperidine rings is 1. The molecule has 0 aliphatic carbocycles. The van der Waals surface area contributed by atoms with E-state index in [0.29, 0.717) is 11.6 Å². The Bertz CT molecular complexity index is 1400. The van der Waals surface area contributed by atoms with Gasteiger partial charge in [0.2, 0.25) is 5.95 Å². The molecule has 9 nitrogen and oxygen atoms in total. The molecule has 10 heteroatoms. The van der Waals surface area contributed by atoms with Crippen molar-refractivity contribution >= 4 is 39.3 Å². The van der Waals surface area contributed by atoms with Crippen molar-refractivity contribution in [3.05, 3.63) is 47.7 Å². The molecule has 0 saturated carbocycles. The van der Waals surface area contributed by atoms with E-state index in [1.54, 1.807) is 12.4 Å². The molecule has 1 fully saturated rings. The predicted octanol–water partition coefficient (Wildman–Crippen LogP) is 5.99. The van der Waals surface area contributed by atoms with E-state index in [9.17, 15) is 9.90 Å². The lowest BCUT2D eigenvalue weighted by Crippen LogP contribution is -2.37. The molecular weight excluding hydrogens is 488 g/mol. The number of nitrogens with one attached hydrogen (secondary N) is 1. The number of carbonyl (C=O) groups is 1. The number of rotatable bonds is 6. The van der Waals surface area contributed by atoms with Crippen LogP contribution in [0.2, 0.25) is 0 Å². The maximum atomic E-state index is 11.6. The van der Waals surface area contributed by atoms with E-state index in [-0.39, 0.29) is 11.5 Å². The number of fused-ring (bicyclic) bond motifs is 1. The highest BCUT2D eigenvalue weighted by molar-refractivity contribution is 7.17. The van der Waals surface area contributed by atoms with Crippen molar-refractivity contribution < 1.29 is 14.6 Å². The van der Waals surface area contributed by atoms with Gasteiger partial charge in [-0.05, 0) is 43.7 Å². The van der Waals surface area contributed by atoms with Crippen molar-refractivity contribution in [2.24, 2.45) is 0 Å². The van der Waals surface area contributed by atoms with Gasteiger partial charge in [-0.3, -0.25) is 0 Å². The number of ether oxygens (including phenoxy) is 1. The van der Waals surface area contributed by atoms with Crippen LogP contribution in [0.15, 0.2) is 42.0 Å². The normalized spacial score (nSPS) is 15.2. The lowest BCUT2D eigenvalue weighted by Gasteiger charge is -2.31. The second-order valence-corrected chi connectivity index (χ2v) is 11.2. The van der Waals surface area contributed by atoms with E-state index in [4.69, 9.17) is 9.72 Å². The van der Waals surface area contributed by atoms with Crippen LogP contribution in [0.5, 0.6) is 5.75 Å². The highest BCUT2D eigenvalue weighted by Gasteiger charge is 2.26. The molecule has 0 atom stereocenters. The fourth-order valence-electron chi connectivity index (χ4n) is 4.58. The number of hydrogen-bond donors (Lipinski definition) is 2. The Kier molecular flexibility index (Phi) is 6.87. The summed E-state index contributed by atoms with van der Waals surface area (Å²) in [6.45, 7) is 11.5. The molecule has 0 radical (unpaired) electrons. The van der Waals surface area contributed by atoms with E-state index in [2.05, 4.69) is 27.2 Å². The zero-order valence-corrected chi connectivity index (χ0v) is 22.4. The van der Waals surface area contributed by atoms with E-state index in [0.717, 1.165) is 69.9 Å². The zero-order chi connectivity index (χ0) is 26.2. The average molecular weight is 521 g/mol. The zero-order valence-electron chi connectivity index (χ0n) is 21.6. The van der Waals surface area contributed by atoms with Crippen LogP contribution >= 0.6 is 11.3 Å². The molecule has 0 unspecified atom stereocenters. The molecule has 0 spiro atoms. The van der Waals surface area contributed by atoms with E-state index in [1.165, 1.54) is 11.3 Å². The molecule has 1 aliphatic heterocycles. The summed E-state index contributed by atoms with van der Waals surface area (Å²) < 4.78 is 8.08. The number of aromatic nitrogens is 4. The first kappa shape index (κ1) is 25.2. The first-order valence-electron chi connectivity index (χ1n) is 12.6. The fourth-order valence-corrected chi connectivity index (χ4v) is 5.45. The Labute approximate surface area is 220 Å². The number of carboxylic acid groups (broad SMARTS) is 1. The van der Waals surface area contributed by atoms with Crippen LogP contribution < -0.4 is 10.1 Å². The van der Waals surface area contributed by atoms with E-state index in [1.807, 2.05) is 50.4 Å². The molecule has 1 saturated heterocycles. The summed E-state index contributed by atoms with van der Waals surface area (Å²) in [6, 6.07) is 7.87. The van der Waals surface area contributed by atoms with Gasteiger partial charge in [-0.2, -0.15) is 9.78 Å². The van der Waals surface area contributed by atoms with Gasteiger partial charge in [0.25, 0.3) is 0 Å². The number of benzene rings is 1. The van der Waals surface area contributed by atoms with E-state index < -0.39 is 6.09 Å². The number of hydrogen-bond acceptors (Lipinski definition) is 8. The first-order chi connectivity index (χ1) is 17.7. The van der Waals surface area contributed by atoms with E-state index >= 15 is 0 Å². The quantitative estimate of drug-likeness (QED) is 0.320. The van der Waals surface area contributed by atoms with Gasteiger partial charge in [0.15, 0.2) is 0 Å². The Hall–Kier alpha value is -3.50. The number of thiophene rings is 1. The summed E-state index contributed by atoms with van der Waals surface area (Å²) >= 11 is 1.52. The van der Waals surface area contributed by atoms with Gasteiger partial charge in [0, 0.05) is 46.9 Å². The summed E-state index contributed by atoms with van der Waals surface area (Å²) in [7, 11) is 0. The number of likely N-dealkylation sites (tertiary alicyclic amines) is 1. The van der Waals surface area contributed by atoms with Crippen LogP contribution in [0, 0.1) is 0 Å². The molecule has 1 aliphatic rings. The van der Waals surface area contributed by atoms with Gasteiger partial charge in [-0.1, -0.05) is 27.7 Å². The molecular formula is C27H32N6O3S. The molecule has 4 aromatic rings. The lowest BCUT2D eigenvalue weighted by molar-refractivity contribution is 0.104. The van der Waals surface area contributed by atoms with Gasteiger partial charge in [0.05, 0.1) is 22.1 Å². The summed E-state index contributed by atoms with van der Waals surface area (Å²) in [5, 5.41) is 19.1. The molecule has 1 aromatic carbocycles. The van der Waals surface area contributed by atoms with Crippen LogP contribution in [0.1, 0.15) is 46.2 Å². The van der Waals surface area contributed by atoms with Crippen LogP contribution in [0.25, 0.3) is 21.3 Å². The Morgan fingerprint density at radius 3 is 2.57 bits per heavy atom. The van der Waals surface area contributed by atoms with Crippen molar-refractivity contribution in [1.29, 1.82) is 0 Å². The minimum atomic E-state index is -1.12. The second kappa shape index (κ2) is 10.1. The van der Waals surface area contributed by atoms with Crippen LogP contribution in [0.3, 0.4) is 0 Å². The SMILES string of the molecule is CCN1CCC(Oc2ccc(Nc3ncc4scc(-c5cn(C(=O)O)nc5C(C)(C)C)c4n3)cc2)CC1. The van der Waals surface area contributed by atoms with Gasteiger partial charge in [-0.25, -0.2) is 14.8 Å². The minimum absolute atomic E-state index is 0.257. The number of anilines is 2. The van der Waals surface area contributed by atoms with Gasteiger partial charge in [-0.15, -0.1) is 11.3 Å². The van der Waals surface area contributed by atoms with Gasteiger partial charge >= 0.3 is 6.09 Å². The van der Waals surface area contributed by atoms with Gasteiger partial charge in [0.1, 0.15) is 11.9 Å². The maximum Gasteiger partial charge on any atom is 0.432 e. The molecule has 0 amide bonds. The maximum absolute atomic E-state index is 11.6. The Morgan fingerprint density at radius 1 is 1.19 bits per heavy atom. The summed E-state index contributed by atoms with van der Waals surface area (Å²) in [4.78, 5) is 23.3. The van der Waals surface area contributed by atoms with Crippen molar-refractivity contribution in [2.75, 3.05) is 25.0 Å². The first-order valence-corrected chi connectivity index (χ1v) is 13.4. The third kappa shape index (κ3) is 5.45. The molecule has 5 rings (SSSR count). The highest BCUT2D eigenvalue weighted by atomic mass is 32.1. The lowest BCUT2D eigenvalue weighted by atomic mass is 9.88. The second-order valence-electron chi connectivity index (χ2n) is 10.3. The van der Waals surface area contributed by atoms with Crippen molar-refractivity contribution in [2.45, 2.75) is 52.1 Å². The van der Waals surface area contributed by atoms with Crippen molar-refractivity contribution in [1.82, 2.24) is 24.6 Å². The summed E-state index contributed by atoms with van der Waals surface area (Å²) in [5.41, 5.74) is 3.60. The third-order valence-electron chi connectivity index (χ3n) is 6.62. The summed E-state index contributed by atoms with van der Waals surface area (Å²) in [6.07, 6.45) is 4.58. The predicted molar refractivity (Wildman–Crippen MR) is 146 cm³/mol. The Morgan fingerprint density at radius 2 is 1.92 bits per heavy atom. The highest BCUT2D eigenvalue weighted by Crippen LogP contribution is 2.38. The largest absolute Gasteiger partial charge is 0.490 e. The fraction of sp³-hybridized carbons (Fsp3) is 0.407. The topological polar surface area (TPSA) is 105 Å². The average Bonchev–Trinajstić information content (AvgIpc) is 3.50. The molecule has 2 N–H and O–H groups in total. The molecule has 194 valence electrons. The third-order valence-corrected chi connectivity index (χ3v) is 7.53. The van der Waals surface area contributed by atoms with Crippen LogP contribution in [0.4, 0.5) is 16.4 Å². The smallest absolute Gasteiger partial charge is 0.432 e. The molecule has 3 aromatic heterocycles. The van der Waals surface area contributed by atoms with Crippen molar-refractivity contribution in [3.8, 4) is 16.9 Å². The molecule has 37 heavy (non-hydrogen) atoms. The van der Waals surface area contributed by atoms with Crippen molar-refractivity contribution in [3.63, 3.8) is 0 Å². The van der Waals surface area contributed by atoms with Crippen LogP contribution in [-0.2, 0) is 5.41 Å². The Balaban J connectivity index is 1.35. The molecule has 4 heterocycles. The monoisotopic (exact) mass is 520 g/mol.